The number of benzene rings is 3. The summed E-state index contributed by atoms with van der Waals surface area (Å²) in [6, 6.07) is 16.7. The summed E-state index contributed by atoms with van der Waals surface area (Å²) >= 11 is 17.8. The normalized spacial score (nSPS) is 10.8. The number of nitrogens with one attached hydrogen (secondary N) is 1. The summed E-state index contributed by atoms with van der Waals surface area (Å²) in [5, 5.41) is 5.45. The molecule has 0 radical (unpaired) electrons. The van der Waals surface area contributed by atoms with Gasteiger partial charge in [-0.25, -0.2) is 4.79 Å². The van der Waals surface area contributed by atoms with Crippen molar-refractivity contribution in [1.82, 2.24) is 0 Å². The van der Waals surface area contributed by atoms with Crippen molar-refractivity contribution >= 4 is 52.7 Å². The molecule has 0 fully saturated rings. The molecule has 1 N–H and O–H groups in total. The number of carbonyl (C=O) groups excluding carboxylic acids is 1. The van der Waals surface area contributed by atoms with E-state index in [4.69, 9.17) is 44.3 Å². The zero-order chi connectivity index (χ0) is 20.8. The molecule has 5 nitrogen and oxygen atoms in total. The molecule has 3 aromatic rings. The van der Waals surface area contributed by atoms with E-state index in [0.29, 0.717) is 15.8 Å². The van der Waals surface area contributed by atoms with E-state index < -0.39 is 5.97 Å². The Morgan fingerprint density at radius 1 is 0.931 bits per heavy atom. The first-order valence-corrected chi connectivity index (χ1v) is 9.49. The van der Waals surface area contributed by atoms with Gasteiger partial charge in [0.05, 0.1) is 29.6 Å². The van der Waals surface area contributed by atoms with Crippen molar-refractivity contribution in [2.24, 2.45) is 5.10 Å². The molecule has 8 heteroatoms. The Morgan fingerprint density at radius 3 is 2.34 bits per heavy atom. The van der Waals surface area contributed by atoms with E-state index in [1.807, 2.05) is 12.1 Å². The van der Waals surface area contributed by atoms with Gasteiger partial charge >= 0.3 is 5.97 Å². The fraction of sp³-hybridized carbons (Fsp3) is 0.0476. The van der Waals surface area contributed by atoms with E-state index in [9.17, 15) is 4.79 Å². The Kier molecular flexibility index (Phi) is 6.99. The van der Waals surface area contributed by atoms with E-state index in [-0.39, 0.29) is 16.3 Å². The number of hydrazone groups is 1. The molecule has 3 aromatic carbocycles. The molecular weight excluding hydrogens is 435 g/mol. The number of methoxy groups -OCH3 is 1. The largest absolute Gasteiger partial charge is 0.493 e. The Balaban J connectivity index is 1.71. The van der Waals surface area contributed by atoms with Crippen LogP contribution in [0.3, 0.4) is 0 Å². The molecule has 0 aliphatic heterocycles. The van der Waals surface area contributed by atoms with Crippen LogP contribution < -0.4 is 14.9 Å². The molecule has 0 aromatic heterocycles. The van der Waals surface area contributed by atoms with Crippen molar-refractivity contribution in [2.75, 3.05) is 12.5 Å². The first-order chi connectivity index (χ1) is 14.0. The van der Waals surface area contributed by atoms with Gasteiger partial charge in [0.1, 0.15) is 0 Å². The quantitative estimate of drug-likeness (QED) is 0.207. The fourth-order valence-electron chi connectivity index (χ4n) is 2.36. The highest BCUT2D eigenvalue weighted by Crippen LogP contribution is 2.30. The van der Waals surface area contributed by atoms with Crippen LogP contribution in [0.25, 0.3) is 0 Å². The summed E-state index contributed by atoms with van der Waals surface area (Å²) in [6.07, 6.45) is 1.61. The molecule has 0 aliphatic rings. The number of nitrogens with zero attached hydrogens (tertiary/aromatic N) is 1. The molecule has 0 aliphatic carbocycles. The first-order valence-electron chi connectivity index (χ1n) is 8.36. The second kappa shape index (κ2) is 9.65. The zero-order valence-electron chi connectivity index (χ0n) is 15.2. The van der Waals surface area contributed by atoms with Crippen molar-refractivity contribution in [3.05, 3.63) is 86.9 Å². The average Bonchev–Trinajstić information content (AvgIpc) is 2.70. The highest BCUT2D eigenvalue weighted by Gasteiger charge is 2.16. The van der Waals surface area contributed by atoms with Crippen LogP contribution >= 0.6 is 34.8 Å². The number of hydrogen-bond acceptors (Lipinski definition) is 5. The van der Waals surface area contributed by atoms with Crippen LogP contribution in [-0.2, 0) is 0 Å². The first kappa shape index (κ1) is 21.0. The predicted octanol–water partition coefficient (Wildman–Crippen LogP) is 6.32. The van der Waals surface area contributed by atoms with E-state index in [1.54, 1.807) is 42.6 Å². The summed E-state index contributed by atoms with van der Waals surface area (Å²) in [6.45, 7) is 0. The maximum atomic E-state index is 12.4. The molecule has 0 atom stereocenters. The van der Waals surface area contributed by atoms with Crippen molar-refractivity contribution in [3.8, 4) is 11.5 Å². The standard InChI is InChI=1S/C21H15Cl3N2O3/c1-28-20-10-13(12-25-26-16-6-3-14(22)4-7-16)2-9-19(20)29-21(27)17-8-5-15(23)11-18(17)24/h2-12,26H,1H3. The van der Waals surface area contributed by atoms with Gasteiger partial charge in [0.15, 0.2) is 11.5 Å². The zero-order valence-corrected chi connectivity index (χ0v) is 17.4. The fourth-order valence-corrected chi connectivity index (χ4v) is 2.98. The number of ether oxygens (including phenoxy) is 2. The van der Waals surface area contributed by atoms with Crippen LogP contribution in [-0.4, -0.2) is 19.3 Å². The number of hydrogen-bond donors (Lipinski definition) is 1. The second-order valence-electron chi connectivity index (χ2n) is 5.80. The van der Waals surface area contributed by atoms with Crippen molar-refractivity contribution in [2.45, 2.75) is 0 Å². The van der Waals surface area contributed by atoms with Gasteiger partial charge in [-0.2, -0.15) is 5.10 Å². The summed E-state index contributed by atoms with van der Waals surface area (Å²) < 4.78 is 10.7. The van der Waals surface area contributed by atoms with Crippen LogP contribution in [0.1, 0.15) is 15.9 Å². The molecule has 0 spiro atoms. The lowest BCUT2D eigenvalue weighted by Crippen LogP contribution is -2.10. The maximum absolute atomic E-state index is 12.4. The van der Waals surface area contributed by atoms with Gasteiger partial charge in [-0.05, 0) is 66.2 Å². The van der Waals surface area contributed by atoms with E-state index in [1.165, 1.54) is 19.2 Å². The van der Waals surface area contributed by atoms with Crippen molar-refractivity contribution in [3.63, 3.8) is 0 Å². The average molecular weight is 450 g/mol. The van der Waals surface area contributed by atoms with Gasteiger partial charge in [0.25, 0.3) is 0 Å². The molecule has 0 amide bonds. The van der Waals surface area contributed by atoms with E-state index >= 15 is 0 Å². The number of carbonyl (C=O) groups is 1. The molecule has 29 heavy (non-hydrogen) atoms. The van der Waals surface area contributed by atoms with Crippen LogP contribution in [0.5, 0.6) is 11.5 Å². The van der Waals surface area contributed by atoms with E-state index in [0.717, 1.165) is 11.3 Å². The van der Waals surface area contributed by atoms with E-state index in [2.05, 4.69) is 10.5 Å². The molecule has 0 saturated heterocycles. The SMILES string of the molecule is COc1cc(C=NNc2ccc(Cl)cc2)ccc1OC(=O)c1ccc(Cl)cc1Cl. The monoisotopic (exact) mass is 448 g/mol. The van der Waals surface area contributed by atoms with Gasteiger partial charge in [-0.3, -0.25) is 5.43 Å². The van der Waals surface area contributed by atoms with Crippen LogP contribution in [0.15, 0.2) is 65.8 Å². The number of halogens is 3. The smallest absolute Gasteiger partial charge is 0.345 e. The third kappa shape index (κ3) is 5.64. The summed E-state index contributed by atoms with van der Waals surface area (Å²) in [4.78, 5) is 12.4. The molecule has 0 unspecified atom stereocenters. The summed E-state index contributed by atoms with van der Waals surface area (Å²) in [5.41, 5.74) is 4.64. The highest BCUT2D eigenvalue weighted by atomic mass is 35.5. The van der Waals surface area contributed by atoms with Crippen molar-refractivity contribution in [1.29, 1.82) is 0 Å². The molecular formula is C21H15Cl3N2O3. The number of anilines is 1. The van der Waals surface area contributed by atoms with Gasteiger partial charge in [0, 0.05) is 10.0 Å². The molecule has 0 saturated carbocycles. The third-order valence-electron chi connectivity index (χ3n) is 3.79. The van der Waals surface area contributed by atoms with Crippen LogP contribution in [0.4, 0.5) is 5.69 Å². The van der Waals surface area contributed by atoms with Gasteiger partial charge < -0.3 is 9.47 Å². The minimum Gasteiger partial charge on any atom is -0.493 e. The lowest BCUT2D eigenvalue weighted by atomic mass is 10.2. The molecule has 3 rings (SSSR count). The minimum absolute atomic E-state index is 0.205. The summed E-state index contributed by atoms with van der Waals surface area (Å²) in [7, 11) is 1.48. The lowest BCUT2D eigenvalue weighted by molar-refractivity contribution is 0.0730. The predicted molar refractivity (Wildman–Crippen MR) is 117 cm³/mol. The topological polar surface area (TPSA) is 59.9 Å². The van der Waals surface area contributed by atoms with Gasteiger partial charge in [-0.1, -0.05) is 34.8 Å². The van der Waals surface area contributed by atoms with Crippen molar-refractivity contribution < 1.29 is 14.3 Å². The maximum Gasteiger partial charge on any atom is 0.345 e. The highest BCUT2D eigenvalue weighted by molar-refractivity contribution is 6.36. The Morgan fingerprint density at radius 2 is 1.66 bits per heavy atom. The summed E-state index contributed by atoms with van der Waals surface area (Å²) in [5.74, 6) is 0.0148. The van der Waals surface area contributed by atoms with Gasteiger partial charge in [-0.15, -0.1) is 0 Å². The Labute approximate surface area is 182 Å². The third-order valence-corrected chi connectivity index (χ3v) is 4.59. The molecule has 148 valence electrons. The Bertz CT molecular complexity index is 1050. The second-order valence-corrected chi connectivity index (χ2v) is 7.08. The minimum atomic E-state index is -0.615. The van der Waals surface area contributed by atoms with Crippen LogP contribution in [0, 0.1) is 0 Å². The lowest BCUT2D eigenvalue weighted by Gasteiger charge is -2.10. The Hall–Kier alpha value is -2.73. The van der Waals surface area contributed by atoms with Crippen LogP contribution in [0.2, 0.25) is 15.1 Å². The number of esters is 1. The molecule has 0 heterocycles. The van der Waals surface area contributed by atoms with Gasteiger partial charge in [0.2, 0.25) is 0 Å². The number of rotatable bonds is 6. The molecule has 0 bridgehead atoms.